The molecule has 0 aliphatic heterocycles. The normalized spacial score (nSPS) is 10.9. The first-order valence-electron chi connectivity index (χ1n) is 11.2. The highest BCUT2D eigenvalue weighted by molar-refractivity contribution is 5.76. The minimum atomic E-state index is -0.152. The second kappa shape index (κ2) is 9.77. The number of rotatable bonds is 7. The third-order valence-corrected chi connectivity index (χ3v) is 5.84. The van der Waals surface area contributed by atoms with E-state index in [2.05, 4.69) is 9.97 Å². The number of fused-ring (bicyclic) bond motifs is 1. The van der Waals surface area contributed by atoms with Crippen molar-refractivity contribution in [3.63, 3.8) is 0 Å². The van der Waals surface area contributed by atoms with Gasteiger partial charge in [0.05, 0.1) is 30.8 Å². The Bertz CT molecular complexity index is 1550. The fraction of sp³-hybridized carbons (Fsp3) is 0.143. The van der Waals surface area contributed by atoms with Gasteiger partial charge < -0.3 is 9.47 Å². The van der Waals surface area contributed by atoms with E-state index in [1.165, 1.54) is 0 Å². The lowest BCUT2D eigenvalue weighted by atomic mass is 10.1. The minimum Gasteiger partial charge on any atom is -0.496 e. The number of pyridine rings is 2. The van der Waals surface area contributed by atoms with Crippen LogP contribution < -0.4 is 15.0 Å². The first-order chi connectivity index (χ1) is 17.1. The van der Waals surface area contributed by atoms with Crippen LogP contribution in [0.2, 0.25) is 0 Å². The molecule has 0 fully saturated rings. The number of hydrogen-bond acceptors (Lipinski definition) is 6. The molecule has 0 spiro atoms. The van der Waals surface area contributed by atoms with E-state index in [-0.39, 0.29) is 12.2 Å². The van der Waals surface area contributed by atoms with E-state index in [0.717, 1.165) is 28.0 Å². The van der Waals surface area contributed by atoms with Crippen molar-refractivity contribution in [3.8, 4) is 22.6 Å². The Hall–Kier alpha value is -4.52. The van der Waals surface area contributed by atoms with Gasteiger partial charge in [0.15, 0.2) is 5.82 Å². The molecule has 0 saturated carbocycles. The van der Waals surface area contributed by atoms with E-state index in [1.807, 2.05) is 61.5 Å². The van der Waals surface area contributed by atoms with E-state index < -0.39 is 0 Å². The van der Waals surface area contributed by atoms with Crippen LogP contribution >= 0.6 is 0 Å². The largest absolute Gasteiger partial charge is 0.496 e. The van der Waals surface area contributed by atoms with Gasteiger partial charge in [0.2, 0.25) is 0 Å². The molecule has 0 aliphatic rings. The average molecular weight is 465 g/mol. The topological polar surface area (TPSA) is 79.1 Å². The average Bonchev–Trinajstić information content (AvgIpc) is 2.90. The van der Waals surface area contributed by atoms with Gasteiger partial charge in [-0.1, -0.05) is 30.3 Å². The highest BCUT2D eigenvalue weighted by Gasteiger charge is 2.15. The van der Waals surface area contributed by atoms with Gasteiger partial charge in [-0.15, -0.1) is 0 Å². The molecule has 0 N–H and O–H groups in total. The SMILES string of the molecule is COc1cc(C)ccc1Cn1c(COc2ccccc2-c2ccncc2)nc2cnccc2c1=O. The summed E-state index contributed by atoms with van der Waals surface area (Å²) < 4.78 is 13.5. The third-order valence-electron chi connectivity index (χ3n) is 5.84. The Balaban J connectivity index is 1.55. The van der Waals surface area contributed by atoms with Crippen molar-refractivity contribution in [3.05, 3.63) is 113 Å². The lowest BCUT2D eigenvalue weighted by molar-refractivity contribution is 0.289. The van der Waals surface area contributed by atoms with Crippen LogP contribution in [0, 0.1) is 6.92 Å². The molecule has 0 saturated heterocycles. The van der Waals surface area contributed by atoms with Gasteiger partial charge in [-0.25, -0.2) is 4.98 Å². The van der Waals surface area contributed by atoms with Gasteiger partial charge in [-0.2, -0.15) is 0 Å². The third kappa shape index (κ3) is 4.61. The number of aromatic nitrogens is 4. The Morgan fingerprint density at radius 1 is 0.914 bits per heavy atom. The van der Waals surface area contributed by atoms with Gasteiger partial charge in [0.1, 0.15) is 18.1 Å². The van der Waals surface area contributed by atoms with Crippen LogP contribution in [-0.4, -0.2) is 26.6 Å². The van der Waals surface area contributed by atoms with Crippen LogP contribution in [0.25, 0.3) is 22.0 Å². The summed E-state index contributed by atoms with van der Waals surface area (Å²) in [6.07, 6.45) is 6.69. The second-order valence-corrected chi connectivity index (χ2v) is 8.15. The maximum Gasteiger partial charge on any atom is 0.261 e. The first-order valence-corrected chi connectivity index (χ1v) is 11.2. The summed E-state index contributed by atoms with van der Waals surface area (Å²) in [5.41, 5.74) is 4.27. The van der Waals surface area contributed by atoms with Gasteiger partial charge in [-0.05, 0) is 48.4 Å². The standard InChI is InChI=1S/C28H24N4O3/c1-19-7-8-21(26(15-19)34-2)17-32-27(31-24-16-30-14-11-23(24)28(32)33)18-35-25-6-4-3-5-22(25)20-9-12-29-13-10-20/h3-16H,17-18H2,1-2H3. The lowest BCUT2D eigenvalue weighted by Crippen LogP contribution is -2.27. The molecule has 0 atom stereocenters. The predicted octanol–water partition coefficient (Wildman–Crippen LogP) is 4.80. The molecule has 2 aromatic carbocycles. The fourth-order valence-electron chi connectivity index (χ4n) is 4.05. The van der Waals surface area contributed by atoms with Crippen molar-refractivity contribution in [2.75, 3.05) is 7.11 Å². The second-order valence-electron chi connectivity index (χ2n) is 8.15. The molecule has 5 rings (SSSR count). The fourth-order valence-corrected chi connectivity index (χ4v) is 4.05. The van der Waals surface area contributed by atoms with Gasteiger partial charge in [0.25, 0.3) is 5.56 Å². The van der Waals surface area contributed by atoms with Gasteiger partial charge >= 0.3 is 0 Å². The van der Waals surface area contributed by atoms with Crippen LogP contribution in [0.1, 0.15) is 17.0 Å². The van der Waals surface area contributed by atoms with Crippen molar-refractivity contribution < 1.29 is 9.47 Å². The summed E-state index contributed by atoms with van der Waals surface area (Å²) in [6, 6.07) is 19.3. The number of methoxy groups -OCH3 is 1. The number of ether oxygens (including phenoxy) is 2. The van der Waals surface area contributed by atoms with E-state index in [9.17, 15) is 4.79 Å². The van der Waals surface area contributed by atoms with Crippen molar-refractivity contribution >= 4 is 10.9 Å². The van der Waals surface area contributed by atoms with Crippen molar-refractivity contribution in [1.82, 2.24) is 19.5 Å². The van der Waals surface area contributed by atoms with Crippen LogP contribution in [0.3, 0.4) is 0 Å². The highest BCUT2D eigenvalue weighted by Crippen LogP contribution is 2.30. The Morgan fingerprint density at radius 3 is 2.54 bits per heavy atom. The van der Waals surface area contributed by atoms with Crippen LogP contribution in [0.15, 0.2) is 90.2 Å². The van der Waals surface area contributed by atoms with Gasteiger partial charge in [0, 0.05) is 29.7 Å². The highest BCUT2D eigenvalue weighted by atomic mass is 16.5. The monoisotopic (exact) mass is 464 g/mol. The smallest absolute Gasteiger partial charge is 0.261 e. The summed E-state index contributed by atoms with van der Waals surface area (Å²) in [7, 11) is 1.63. The molecule has 0 unspecified atom stereocenters. The van der Waals surface area contributed by atoms with Crippen LogP contribution in [0.5, 0.6) is 11.5 Å². The molecule has 3 aromatic heterocycles. The van der Waals surface area contributed by atoms with Crippen molar-refractivity contribution in [1.29, 1.82) is 0 Å². The molecule has 7 heteroatoms. The molecule has 5 aromatic rings. The molecule has 3 heterocycles. The number of nitrogens with zero attached hydrogens (tertiary/aromatic N) is 4. The summed E-state index contributed by atoms with van der Waals surface area (Å²) in [4.78, 5) is 26.5. The van der Waals surface area contributed by atoms with Crippen LogP contribution in [-0.2, 0) is 13.2 Å². The number of benzene rings is 2. The van der Waals surface area contributed by atoms with Gasteiger partial charge in [-0.3, -0.25) is 19.3 Å². The van der Waals surface area contributed by atoms with Crippen molar-refractivity contribution in [2.45, 2.75) is 20.1 Å². The zero-order valence-corrected chi connectivity index (χ0v) is 19.5. The lowest BCUT2D eigenvalue weighted by Gasteiger charge is -2.17. The minimum absolute atomic E-state index is 0.107. The Kier molecular flexibility index (Phi) is 6.22. The van der Waals surface area contributed by atoms with E-state index >= 15 is 0 Å². The van der Waals surface area contributed by atoms with E-state index in [4.69, 9.17) is 14.5 Å². The van der Waals surface area contributed by atoms with E-state index in [0.29, 0.717) is 29.0 Å². The predicted molar refractivity (Wildman–Crippen MR) is 135 cm³/mol. The molecular weight excluding hydrogens is 440 g/mol. The number of hydrogen-bond donors (Lipinski definition) is 0. The molecule has 0 radical (unpaired) electrons. The molecule has 0 amide bonds. The summed E-state index contributed by atoms with van der Waals surface area (Å²) >= 11 is 0. The number of para-hydroxylation sites is 1. The summed E-state index contributed by atoms with van der Waals surface area (Å²) in [5.74, 6) is 1.92. The molecule has 7 nitrogen and oxygen atoms in total. The summed E-state index contributed by atoms with van der Waals surface area (Å²) in [6.45, 7) is 2.41. The quantitative estimate of drug-likeness (QED) is 0.344. The maximum absolute atomic E-state index is 13.5. The first kappa shape index (κ1) is 22.3. The Morgan fingerprint density at radius 2 is 1.71 bits per heavy atom. The molecule has 35 heavy (non-hydrogen) atoms. The van der Waals surface area contributed by atoms with E-state index in [1.54, 1.807) is 42.5 Å². The maximum atomic E-state index is 13.5. The Labute approximate surface area is 202 Å². The zero-order valence-electron chi connectivity index (χ0n) is 19.5. The summed E-state index contributed by atoms with van der Waals surface area (Å²) in [5, 5.41) is 0.506. The number of aryl methyl sites for hydroxylation is 1. The molecule has 0 aliphatic carbocycles. The molecule has 0 bridgehead atoms. The molecule has 174 valence electrons. The molecular formula is C28H24N4O3. The zero-order chi connectivity index (χ0) is 24.2. The van der Waals surface area contributed by atoms with Crippen molar-refractivity contribution in [2.24, 2.45) is 0 Å². The van der Waals surface area contributed by atoms with Crippen LogP contribution in [0.4, 0.5) is 0 Å².